The van der Waals surface area contributed by atoms with Crippen LogP contribution in [0.3, 0.4) is 0 Å². The Morgan fingerprint density at radius 1 is 1.37 bits per heavy atom. The second-order valence-electron chi connectivity index (χ2n) is 5.35. The van der Waals surface area contributed by atoms with E-state index in [2.05, 4.69) is 43.4 Å². The zero-order chi connectivity index (χ0) is 13.5. The predicted molar refractivity (Wildman–Crippen MR) is 77.7 cm³/mol. The zero-order valence-corrected chi connectivity index (χ0v) is 12.0. The molecule has 0 radical (unpaired) electrons. The molecule has 0 aromatic heterocycles. The lowest BCUT2D eigenvalue weighted by Gasteiger charge is -2.13. The fraction of sp³-hybridized carbons (Fsp3) is 0.625. The van der Waals surface area contributed by atoms with Gasteiger partial charge in [-0.2, -0.15) is 0 Å². The molecule has 0 amide bonds. The Kier molecular flexibility index (Phi) is 5.67. The van der Waals surface area contributed by atoms with E-state index in [9.17, 15) is 0 Å². The highest BCUT2D eigenvalue weighted by Gasteiger charge is 2.16. The second kappa shape index (κ2) is 7.51. The van der Waals surface area contributed by atoms with Crippen molar-refractivity contribution in [3.05, 3.63) is 29.8 Å². The first kappa shape index (κ1) is 14.4. The Morgan fingerprint density at radius 2 is 2.16 bits per heavy atom. The smallest absolute Gasteiger partial charge is 0.119 e. The lowest BCUT2D eigenvalue weighted by Crippen LogP contribution is -2.27. The molecule has 2 rings (SSSR count). The quantitative estimate of drug-likeness (QED) is 0.820. The van der Waals surface area contributed by atoms with Crippen LogP contribution in [0.4, 0.5) is 0 Å². The highest BCUT2D eigenvalue weighted by molar-refractivity contribution is 5.27. The van der Waals surface area contributed by atoms with E-state index in [1.165, 1.54) is 5.56 Å². The van der Waals surface area contributed by atoms with Gasteiger partial charge in [0.15, 0.2) is 0 Å². The van der Waals surface area contributed by atoms with Crippen molar-refractivity contribution in [2.45, 2.75) is 32.7 Å². The molecular formula is C16H25NO2. The largest absolute Gasteiger partial charge is 0.493 e. The van der Waals surface area contributed by atoms with Crippen molar-refractivity contribution in [1.82, 2.24) is 5.32 Å². The number of benzene rings is 1. The topological polar surface area (TPSA) is 30.5 Å². The van der Waals surface area contributed by atoms with Crippen molar-refractivity contribution < 1.29 is 9.47 Å². The van der Waals surface area contributed by atoms with E-state index >= 15 is 0 Å². The number of rotatable bonds is 7. The fourth-order valence-electron chi connectivity index (χ4n) is 2.42. The van der Waals surface area contributed by atoms with E-state index in [0.29, 0.717) is 12.0 Å². The van der Waals surface area contributed by atoms with E-state index in [1.54, 1.807) is 0 Å². The molecule has 0 bridgehead atoms. The van der Waals surface area contributed by atoms with Crippen molar-refractivity contribution in [3.8, 4) is 5.75 Å². The number of hydrogen-bond acceptors (Lipinski definition) is 3. The van der Waals surface area contributed by atoms with E-state index in [4.69, 9.17) is 9.47 Å². The Labute approximate surface area is 116 Å². The van der Waals surface area contributed by atoms with Gasteiger partial charge in [0.1, 0.15) is 5.75 Å². The molecule has 1 aromatic rings. The summed E-state index contributed by atoms with van der Waals surface area (Å²) < 4.78 is 11.1. The van der Waals surface area contributed by atoms with Crippen molar-refractivity contribution in [2.75, 3.05) is 26.4 Å². The van der Waals surface area contributed by atoms with Crippen LogP contribution in [0.25, 0.3) is 0 Å². The first-order valence-electron chi connectivity index (χ1n) is 7.30. The summed E-state index contributed by atoms with van der Waals surface area (Å²) in [6.45, 7) is 7.88. The van der Waals surface area contributed by atoms with Gasteiger partial charge in [-0.25, -0.2) is 0 Å². The monoisotopic (exact) mass is 263 g/mol. The van der Waals surface area contributed by atoms with Gasteiger partial charge in [0, 0.05) is 18.6 Å². The molecule has 3 heteroatoms. The fourth-order valence-corrected chi connectivity index (χ4v) is 2.42. The number of likely N-dealkylation sites (N-methyl/N-ethyl adjacent to an activating group) is 1. The standard InChI is InChI=1S/C16H25NO2/c1-3-17-13(2)10-14-4-6-16(7-5-14)19-12-15-8-9-18-11-15/h4-7,13,15,17H,3,8-12H2,1-2H3. The summed E-state index contributed by atoms with van der Waals surface area (Å²) >= 11 is 0. The van der Waals surface area contributed by atoms with Crippen LogP contribution < -0.4 is 10.1 Å². The van der Waals surface area contributed by atoms with E-state index in [-0.39, 0.29) is 0 Å². The summed E-state index contributed by atoms with van der Waals surface area (Å²) in [4.78, 5) is 0. The molecule has 1 fully saturated rings. The van der Waals surface area contributed by atoms with E-state index in [0.717, 1.165) is 45.0 Å². The molecule has 2 unspecified atom stereocenters. The lowest BCUT2D eigenvalue weighted by molar-refractivity contribution is 0.167. The van der Waals surface area contributed by atoms with Crippen LogP contribution in [-0.4, -0.2) is 32.4 Å². The third-order valence-electron chi connectivity index (χ3n) is 3.53. The summed E-state index contributed by atoms with van der Waals surface area (Å²) in [6, 6.07) is 8.99. The molecule has 1 aromatic carbocycles. The van der Waals surface area contributed by atoms with Crippen molar-refractivity contribution in [2.24, 2.45) is 5.92 Å². The minimum Gasteiger partial charge on any atom is -0.493 e. The molecule has 3 nitrogen and oxygen atoms in total. The minimum absolute atomic E-state index is 0.521. The van der Waals surface area contributed by atoms with Crippen LogP contribution in [0.5, 0.6) is 5.75 Å². The van der Waals surface area contributed by atoms with E-state index < -0.39 is 0 Å². The maximum Gasteiger partial charge on any atom is 0.119 e. The molecule has 0 saturated carbocycles. The maximum atomic E-state index is 5.80. The third kappa shape index (κ3) is 4.84. The van der Waals surface area contributed by atoms with Gasteiger partial charge < -0.3 is 14.8 Å². The van der Waals surface area contributed by atoms with Crippen LogP contribution in [-0.2, 0) is 11.2 Å². The summed E-state index contributed by atoms with van der Waals surface area (Å²) in [6.07, 6.45) is 2.18. The van der Waals surface area contributed by atoms with Crippen LogP contribution >= 0.6 is 0 Å². The molecule has 1 aliphatic rings. The molecule has 1 saturated heterocycles. The number of nitrogens with one attached hydrogen (secondary N) is 1. The SMILES string of the molecule is CCNC(C)Cc1ccc(OCC2CCOC2)cc1. The molecule has 1 heterocycles. The van der Waals surface area contributed by atoms with Crippen LogP contribution in [0.15, 0.2) is 24.3 Å². The Hall–Kier alpha value is -1.06. The summed E-state index contributed by atoms with van der Waals surface area (Å²) in [5.41, 5.74) is 1.35. The zero-order valence-electron chi connectivity index (χ0n) is 12.0. The second-order valence-corrected chi connectivity index (χ2v) is 5.35. The molecular weight excluding hydrogens is 238 g/mol. The average molecular weight is 263 g/mol. The molecule has 106 valence electrons. The Balaban J connectivity index is 1.77. The van der Waals surface area contributed by atoms with Crippen molar-refractivity contribution in [1.29, 1.82) is 0 Å². The van der Waals surface area contributed by atoms with Crippen molar-refractivity contribution >= 4 is 0 Å². The minimum atomic E-state index is 0.521. The summed E-state index contributed by atoms with van der Waals surface area (Å²) in [5, 5.41) is 3.43. The van der Waals surface area contributed by atoms with E-state index in [1.807, 2.05) is 0 Å². The van der Waals surface area contributed by atoms with Crippen LogP contribution in [0.2, 0.25) is 0 Å². The van der Waals surface area contributed by atoms with Crippen LogP contribution in [0, 0.1) is 5.92 Å². The van der Waals surface area contributed by atoms with Crippen LogP contribution in [0.1, 0.15) is 25.8 Å². The number of hydrogen-bond donors (Lipinski definition) is 1. The highest BCUT2D eigenvalue weighted by Crippen LogP contribution is 2.17. The van der Waals surface area contributed by atoms with Gasteiger partial charge in [-0.1, -0.05) is 19.1 Å². The van der Waals surface area contributed by atoms with Gasteiger partial charge in [0.05, 0.1) is 13.2 Å². The first-order valence-corrected chi connectivity index (χ1v) is 7.30. The van der Waals surface area contributed by atoms with Gasteiger partial charge in [0.2, 0.25) is 0 Å². The van der Waals surface area contributed by atoms with Crippen molar-refractivity contribution in [3.63, 3.8) is 0 Å². The molecule has 0 aliphatic carbocycles. The first-order chi connectivity index (χ1) is 9.28. The predicted octanol–water partition coefficient (Wildman–Crippen LogP) is 2.64. The summed E-state index contributed by atoms with van der Waals surface area (Å²) in [5.74, 6) is 1.53. The molecule has 0 spiro atoms. The van der Waals surface area contributed by atoms with Gasteiger partial charge in [0.25, 0.3) is 0 Å². The lowest BCUT2D eigenvalue weighted by atomic mass is 10.1. The normalized spacial score (nSPS) is 20.4. The van der Waals surface area contributed by atoms with Gasteiger partial charge in [-0.05, 0) is 44.0 Å². The van der Waals surface area contributed by atoms with Gasteiger partial charge in [-0.3, -0.25) is 0 Å². The molecule has 1 N–H and O–H groups in total. The molecule has 19 heavy (non-hydrogen) atoms. The number of ether oxygens (including phenoxy) is 2. The Bertz CT molecular complexity index is 358. The average Bonchev–Trinajstić information content (AvgIpc) is 2.91. The van der Waals surface area contributed by atoms with Gasteiger partial charge in [-0.15, -0.1) is 0 Å². The third-order valence-corrected chi connectivity index (χ3v) is 3.53. The van der Waals surface area contributed by atoms with Gasteiger partial charge >= 0.3 is 0 Å². The molecule has 2 atom stereocenters. The summed E-state index contributed by atoms with van der Waals surface area (Å²) in [7, 11) is 0. The Morgan fingerprint density at radius 3 is 2.79 bits per heavy atom. The molecule has 1 aliphatic heterocycles. The highest BCUT2D eigenvalue weighted by atomic mass is 16.5. The maximum absolute atomic E-state index is 5.80.